The van der Waals surface area contributed by atoms with Crippen molar-refractivity contribution in [1.29, 1.82) is 0 Å². The molecule has 0 spiro atoms. The Balaban J connectivity index is 0.000000325. The van der Waals surface area contributed by atoms with Crippen LogP contribution in [-0.4, -0.2) is 96.3 Å². The van der Waals surface area contributed by atoms with Crippen LogP contribution in [0.5, 0.6) is 0 Å². The molecule has 2 unspecified atom stereocenters. The molecule has 0 aromatic heterocycles. The van der Waals surface area contributed by atoms with Crippen LogP contribution >= 0.6 is 0 Å². The maximum Gasteiger partial charge on any atom is 0.411 e. The first-order valence-corrected chi connectivity index (χ1v) is 19.1. The lowest BCUT2D eigenvalue weighted by atomic mass is 9.90. The van der Waals surface area contributed by atoms with Gasteiger partial charge < -0.3 is 34.8 Å². The summed E-state index contributed by atoms with van der Waals surface area (Å²) in [6.45, 7) is 13.9. The van der Waals surface area contributed by atoms with E-state index < -0.39 is 40.4 Å². The number of rotatable bonds is 12. The second-order valence-corrected chi connectivity index (χ2v) is 15.7. The van der Waals surface area contributed by atoms with Crippen molar-refractivity contribution in [2.75, 3.05) is 33.9 Å². The predicted molar refractivity (Wildman–Crippen MR) is 211 cm³/mol. The van der Waals surface area contributed by atoms with Crippen LogP contribution in [0.15, 0.2) is 60.7 Å². The van der Waals surface area contributed by atoms with E-state index in [1.807, 2.05) is 69.3 Å². The number of methoxy groups -OCH3 is 2. The van der Waals surface area contributed by atoms with Crippen molar-refractivity contribution in [3.63, 3.8) is 0 Å². The molecule has 0 saturated carbocycles. The highest BCUT2D eigenvalue weighted by Crippen LogP contribution is 2.37. The normalized spacial score (nSPS) is 19.2. The van der Waals surface area contributed by atoms with Crippen molar-refractivity contribution >= 4 is 30.4 Å². The Hall–Kier alpha value is -4.49. The van der Waals surface area contributed by atoms with Gasteiger partial charge in [-0.25, -0.2) is 19.2 Å². The van der Waals surface area contributed by atoms with Gasteiger partial charge >= 0.3 is 24.1 Å². The molecular weight excluding hydrogens is 704 g/mol. The number of hydrogen-bond donors (Lipinski definition) is 2. The molecular formula is C42H64N4O9. The first-order chi connectivity index (χ1) is 26.0. The van der Waals surface area contributed by atoms with Crippen LogP contribution in [0.1, 0.15) is 104 Å². The fourth-order valence-corrected chi connectivity index (χ4v) is 6.70. The molecule has 2 atom stereocenters. The topological polar surface area (TPSA) is 167 Å². The van der Waals surface area contributed by atoms with E-state index in [-0.39, 0.29) is 18.8 Å². The van der Waals surface area contributed by atoms with Gasteiger partial charge in [0.05, 0.1) is 14.2 Å². The number of hydrogen-bond acceptors (Lipinski definition) is 11. The van der Waals surface area contributed by atoms with Gasteiger partial charge in [-0.3, -0.25) is 9.80 Å². The van der Waals surface area contributed by atoms with Gasteiger partial charge in [-0.05, 0) is 104 Å². The maximum atomic E-state index is 12.7. The summed E-state index contributed by atoms with van der Waals surface area (Å²) in [5.41, 5.74) is 4.53. The largest absolute Gasteiger partial charge is 0.467 e. The number of aldehydes is 1. The Morgan fingerprint density at radius 3 is 1.55 bits per heavy atom. The molecule has 2 aromatic rings. The molecule has 13 nitrogen and oxygen atoms in total. The van der Waals surface area contributed by atoms with Gasteiger partial charge in [-0.1, -0.05) is 60.7 Å². The van der Waals surface area contributed by atoms with Gasteiger partial charge in [-0.15, -0.1) is 0 Å². The first-order valence-electron chi connectivity index (χ1n) is 19.1. The number of esters is 2. The van der Waals surface area contributed by atoms with Crippen molar-refractivity contribution in [1.82, 2.24) is 15.1 Å². The Bertz CT molecular complexity index is 1490. The number of carbonyl (C=O) groups excluding carboxylic acids is 5. The zero-order chi connectivity index (χ0) is 41.1. The highest BCUT2D eigenvalue weighted by molar-refractivity contribution is 5.87. The van der Waals surface area contributed by atoms with Gasteiger partial charge in [0, 0.05) is 32.6 Å². The van der Waals surface area contributed by atoms with E-state index in [1.165, 1.54) is 30.2 Å². The van der Waals surface area contributed by atoms with Crippen LogP contribution in [-0.2, 0) is 46.4 Å². The maximum absolute atomic E-state index is 12.7. The Morgan fingerprint density at radius 1 is 0.727 bits per heavy atom. The quantitative estimate of drug-likeness (QED) is 0.104. The molecule has 2 amide bonds. The van der Waals surface area contributed by atoms with Gasteiger partial charge in [-0.2, -0.15) is 0 Å². The van der Waals surface area contributed by atoms with Crippen LogP contribution in [0.3, 0.4) is 0 Å². The summed E-state index contributed by atoms with van der Waals surface area (Å²) < 4.78 is 20.8. The average molecular weight is 769 g/mol. The molecule has 2 saturated heterocycles. The molecule has 13 heteroatoms. The van der Waals surface area contributed by atoms with Gasteiger partial charge in [0.1, 0.15) is 28.6 Å². The number of nitrogens with two attached hydrogens (primary N) is 1. The summed E-state index contributed by atoms with van der Waals surface area (Å²) in [6, 6.07) is 20.2. The Labute approximate surface area is 327 Å². The van der Waals surface area contributed by atoms with E-state index in [1.54, 1.807) is 25.7 Å². The zero-order valence-electron chi connectivity index (χ0n) is 34.2. The third-order valence-corrected chi connectivity index (χ3v) is 9.21. The van der Waals surface area contributed by atoms with E-state index >= 15 is 0 Å². The fraction of sp³-hybridized carbons (Fsp3) is 0.595. The number of likely N-dealkylation sites (tertiary alicyclic amines) is 2. The first kappa shape index (κ1) is 46.7. The van der Waals surface area contributed by atoms with Crippen LogP contribution in [0, 0.1) is 0 Å². The number of ether oxygens (including phenoxy) is 4. The summed E-state index contributed by atoms with van der Waals surface area (Å²) in [7, 11) is 2.67. The molecule has 2 aliphatic rings. The SMILES string of the molecule is COC(=O)C1(CCC=O)CCCN1C(=O)OC(C)(C)C.COC(=O)C1(CCCNCc2ccccc2)CCCN1C(=O)OC(C)(C)C.NCc1ccccc1. The van der Waals surface area contributed by atoms with Gasteiger partial charge in [0.15, 0.2) is 0 Å². The molecule has 2 heterocycles. The molecule has 0 aliphatic carbocycles. The molecule has 2 aromatic carbocycles. The van der Waals surface area contributed by atoms with Crippen LogP contribution in [0.4, 0.5) is 9.59 Å². The van der Waals surface area contributed by atoms with Crippen molar-refractivity contribution < 1.29 is 42.9 Å². The molecule has 306 valence electrons. The summed E-state index contributed by atoms with van der Waals surface area (Å²) in [5, 5.41) is 3.40. The number of nitrogens with zero attached hydrogens (tertiary/aromatic N) is 2. The van der Waals surface area contributed by atoms with Crippen molar-refractivity contribution in [2.24, 2.45) is 5.73 Å². The smallest absolute Gasteiger partial charge is 0.411 e. The molecule has 0 bridgehead atoms. The number of benzene rings is 2. The third-order valence-electron chi connectivity index (χ3n) is 9.21. The summed E-state index contributed by atoms with van der Waals surface area (Å²) >= 11 is 0. The second kappa shape index (κ2) is 22.2. The average Bonchev–Trinajstić information content (AvgIpc) is 3.79. The number of carbonyl (C=O) groups is 5. The predicted octanol–water partition coefficient (Wildman–Crippen LogP) is 6.55. The highest BCUT2D eigenvalue weighted by Gasteiger charge is 2.52. The van der Waals surface area contributed by atoms with Gasteiger partial charge in [0.25, 0.3) is 0 Å². The van der Waals surface area contributed by atoms with Crippen molar-refractivity contribution in [2.45, 2.75) is 128 Å². The molecule has 0 radical (unpaired) electrons. The molecule has 3 N–H and O–H groups in total. The van der Waals surface area contributed by atoms with E-state index in [0.717, 1.165) is 32.2 Å². The lowest BCUT2D eigenvalue weighted by molar-refractivity contribution is -0.154. The Morgan fingerprint density at radius 2 is 1.16 bits per heavy atom. The summed E-state index contributed by atoms with van der Waals surface area (Å²) in [4.78, 5) is 63.3. The zero-order valence-corrected chi connectivity index (χ0v) is 34.2. The summed E-state index contributed by atoms with van der Waals surface area (Å²) in [5.74, 6) is -0.836. The van der Waals surface area contributed by atoms with Crippen molar-refractivity contribution in [3.8, 4) is 0 Å². The lowest BCUT2D eigenvalue weighted by Gasteiger charge is -2.37. The second-order valence-electron chi connectivity index (χ2n) is 15.7. The minimum Gasteiger partial charge on any atom is -0.467 e. The lowest BCUT2D eigenvalue weighted by Crippen LogP contribution is -2.55. The van der Waals surface area contributed by atoms with E-state index in [0.29, 0.717) is 45.3 Å². The molecule has 55 heavy (non-hydrogen) atoms. The van der Waals surface area contributed by atoms with Gasteiger partial charge in [0.2, 0.25) is 0 Å². The van der Waals surface area contributed by atoms with Crippen LogP contribution in [0.2, 0.25) is 0 Å². The standard InChI is InChI=1S/C21H32N2O4.C14H23NO5.C7H9N/c1-20(2,3)27-19(25)23-15-9-13-21(23,18(24)26-4)12-8-14-22-16-17-10-6-5-7-11-17;1-13(2,3)20-12(18)15-9-5-7-14(15,8-6-10-16)11(17)19-4;8-6-7-4-2-1-3-5-7/h5-7,10-11,22H,8-9,12-16H2,1-4H3;10H,5-9H2,1-4H3;1-5H,6,8H2. The number of amides is 2. The van der Waals surface area contributed by atoms with Crippen molar-refractivity contribution in [3.05, 3.63) is 71.8 Å². The third kappa shape index (κ3) is 14.6. The Kier molecular flexibility index (Phi) is 18.8. The highest BCUT2D eigenvalue weighted by atomic mass is 16.6. The van der Waals surface area contributed by atoms with Crippen LogP contribution in [0.25, 0.3) is 0 Å². The number of nitrogens with one attached hydrogen (secondary N) is 1. The molecule has 2 fully saturated rings. The minimum absolute atomic E-state index is 0.203. The van der Waals surface area contributed by atoms with Crippen LogP contribution < -0.4 is 11.1 Å². The minimum atomic E-state index is -1.07. The summed E-state index contributed by atoms with van der Waals surface area (Å²) in [6.07, 6.45) is 4.12. The van der Waals surface area contributed by atoms with E-state index in [4.69, 9.17) is 24.7 Å². The monoisotopic (exact) mass is 768 g/mol. The fourth-order valence-electron chi connectivity index (χ4n) is 6.70. The molecule has 4 rings (SSSR count). The van der Waals surface area contributed by atoms with E-state index in [2.05, 4.69) is 17.4 Å². The van der Waals surface area contributed by atoms with E-state index in [9.17, 15) is 24.0 Å². The molecule has 2 aliphatic heterocycles.